The van der Waals surface area contributed by atoms with Crippen LogP contribution < -0.4 is 0 Å². The highest BCUT2D eigenvalue weighted by molar-refractivity contribution is 4.99. The summed E-state index contributed by atoms with van der Waals surface area (Å²) in [5.74, 6) is 0. The molecule has 0 aromatic rings. The number of aliphatic hydroxyl groups excluding tert-OH is 1. The second-order valence-electron chi connectivity index (χ2n) is 5.40. The van der Waals surface area contributed by atoms with E-state index in [1.165, 1.54) is 19.3 Å². The summed E-state index contributed by atoms with van der Waals surface area (Å²) in [4.78, 5) is 0. The molecule has 0 radical (unpaired) electrons. The lowest BCUT2D eigenvalue weighted by Crippen LogP contribution is -2.50. The number of hydrogen-bond donors (Lipinski definition) is 1. The molecule has 1 nitrogen and oxygen atoms in total. The van der Waals surface area contributed by atoms with Crippen molar-refractivity contribution in [1.82, 2.24) is 0 Å². The molecule has 0 amide bonds. The maximum Gasteiger partial charge on any atom is 0.0652 e. The Morgan fingerprint density at radius 3 is 1.47 bits per heavy atom. The molecule has 1 fully saturated rings. The van der Waals surface area contributed by atoms with E-state index >= 15 is 0 Å². The van der Waals surface area contributed by atoms with Crippen LogP contribution in [0.5, 0.6) is 0 Å². The second kappa shape index (κ2) is 4.86. The van der Waals surface area contributed by atoms with E-state index in [9.17, 15) is 5.11 Å². The van der Waals surface area contributed by atoms with Gasteiger partial charge in [-0.1, -0.05) is 34.1 Å². The predicted molar refractivity (Wildman–Crippen MR) is 65.9 cm³/mol. The van der Waals surface area contributed by atoms with E-state index < -0.39 is 0 Å². The van der Waals surface area contributed by atoms with Gasteiger partial charge in [-0.25, -0.2) is 0 Å². The topological polar surface area (TPSA) is 20.2 Å². The molecule has 1 rings (SSSR count). The van der Waals surface area contributed by atoms with Crippen LogP contribution in [-0.2, 0) is 0 Å². The predicted octanol–water partition coefficient (Wildman–Crippen LogP) is 4.14. The van der Waals surface area contributed by atoms with Gasteiger partial charge in [-0.05, 0) is 49.4 Å². The monoisotopic (exact) mass is 212 g/mol. The van der Waals surface area contributed by atoms with Crippen molar-refractivity contribution in [3.63, 3.8) is 0 Å². The van der Waals surface area contributed by atoms with E-state index in [2.05, 4.69) is 27.7 Å². The molecule has 0 aromatic heterocycles. The lowest BCUT2D eigenvalue weighted by atomic mass is 9.56. The zero-order valence-corrected chi connectivity index (χ0v) is 11.0. The molecule has 1 aliphatic rings. The van der Waals surface area contributed by atoms with E-state index in [4.69, 9.17) is 0 Å². The Kier molecular flexibility index (Phi) is 4.22. The molecule has 0 heterocycles. The van der Waals surface area contributed by atoms with Crippen LogP contribution in [0.4, 0.5) is 0 Å². The van der Waals surface area contributed by atoms with Crippen LogP contribution in [-0.4, -0.2) is 11.2 Å². The summed E-state index contributed by atoms with van der Waals surface area (Å²) in [5, 5.41) is 10.7. The first-order chi connectivity index (χ1) is 7.10. The van der Waals surface area contributed by atoms with Crippen molar-refractivity contribution in [2.45, 2.75) is 78.7 Å². The Morgan fingerprint density at radius 1 is 0.867 bits per heavy atom. The van der Waals surface area contributed by atoms with Gasteiger partial charge in [-0.3, -0.25) is 0 Å². The van der Waals surface area contributed by atoms with Crippen molar-refractivity contribution >= 4 is 0 Å². The summed E-state index contributed by atoms with van der Waals surface area (Å²) in [6, 6.07) is 0. The highest BCUT2D eigenvalue weighted by Crippen LogP contribution is 2.53. The first-order valence-corrected chi connectivity index (χ1v) is 6.79. The fourth-order valence-corrected chi connectivity index (χ4v) is 3.70. The van der Waals surface area contributed by atoms with Gasteiger partial charge < -0.3 is 5.11 Å². The van der Waals surface area contributed by atoms with Crippen molar-refractivity contribution in [1.29, 1.82) is 0 Å². The fraction of sp³-hybridized carbons (Fsp3) is 1.00. The molecule has 0 unspecified atom stereocenters. The van der Waals surface area contributed by atoms with Crippen LogP contribution in [0.1, 0.15) is 72.6 Å². The second-order valence-corrected chi connectivity index (χ2v) is 5.40. The summed E-state index contributed by atoms with van der Waals surface area (Å²) in [7, 11) is 0. The van der Waals surface area contributed by atoms with E-state index in [1.807, 2.05) is 0 Å². The van der Waals surface area contributed by atoms with Crippen LogP contribution >= 0.6 is 0 Å². The van der Waals surface area contributed by atoms with E-state index in [0.29, 0.717) is 0 Å². The minimum atomic E-state index is -0.0799. The highest BCUT2D eigenvalue weighted by atomic mass is 16.3. The summed E-state index contributed by atoms with van der Waals surface area (Å²) in [6.07, 6.45) is 8.20. The average molecular weight is 212 g/mol. The Balaban J connectivity index is 2.95. The van der Waals surface area contributed by atoms with Crippen LogP contribution in [0, 0.1) is 10.8 Å². The molecule has 1 aliphatic carbocycles. The molecular weight excluding hydrogens is 184 g/mol. The van der Waals surface area contributed by atoms with E-state index in [0.717, 1.165) is 25.7 Å². The Bertz CT molecular complexity index is 170. The smallest absolute Gasteiger partial charge is 0.0652 e. The molecule has 0 saturated heterocycles. The lowest BCUT2D eigenvalue weighted by molar-refractivity contribution is -0.117. The molecule has 15 heavy (non-hydrogen) atoms. The van der Waals surface area contributed by atoms with Crippen LogP contribution in [0.25, 0.3) is 0 Å². The van der Waals surface area contributed by atoms with Crippen LogP contribution in [0.3, 0.4) is 0 Å². The first-order valence-electron chi connectivity index (χ1n) is 6.79. The SMILES string of the molecule is CCC1(CC)CCCC(CC)(CC)C1O. The van der Waals surface area contributed by atoms with Gasteiger partial charge in [0, 0.05) is 0 Å². The average Bonchev–Trinajstić information content (AvgIpc) is 2.30. The summed E-state index contributed by atoms with van der Waals surface area (Å²) in [6.45, 7) is 8.98. The third kappa shape index (κ3) is 1.95. The molecule has 1 N–H and O–H groups in total. The number of rotatable bonds is 4. The summed E-state index contributed by atoms with van der Waals surface area (Å²) in [5.41, 5.74) is 0.425. The molecule has 1 saturated carbocycles. The molecule has 0 bridgehead atoms. The zero-order valence-electron chi connectivity index (χ0n) is 11.0. The van der Waals surface area contributed by atoms with Gasteiger partial charge >= 0.3 is 0 Å². The van der Waals surface area contributed by atoms with Crippen molar-refractivity contribution < 1.29 is 5.11 Å². The zero-order chi connectivity index (χ0) is 11.5. The maximum atomic E-state index is 10.7. The quantitative estimate of drug-likeness (QED) is 0.742. The standard InChI is InChI=1S/C14H28O/c1-5-13(6-2)10-9-11-14(7-3,8-4)12(13)15/h12,15H,5-11H2,1-4H3. The fourth-order valence-electron chi connectivity index (χ4n) is 3.70. The third-order valence-corrected chi connectivity index (χ3v) is 5.33. The normalized spacial score (nSPS) is 25.4. The molecule has 0 aliphatic heterocycles. The van der Waals surface area contributed by atoms with Gasteiger partial charge in [0.1, 0.15) is 0 Å². The maximum absolute atomic E-state index is 10.7. The molecule has 1 heteroatoms. The van der Waals surface area contributed by atoms with Crippen molar-refractivity contribution in [2.75, 3.05) is 0 Å². The first kappa shape index (κ1) is 13.0. The van der Waals surface area contributed by atoms with Gasteiger partial charge in [0.2, 0.25) is 0 Å². The Morgan fingerprint density at radius 2 is 1.20 bits per heavy atom. The minimum Gasteiger partial charge on any atom is -0.392 e. The molecule has 90 valence electrons. The molecule has 0 spiro atoms. The van der Waals surface area contributed by atoms with Crippen molar-refractivity contribution in [3.05, 3.63) is 0 Å². The lowest BCUT2D eigenvalue weighted by Gasteiger charge is -2.52. The molecular formula is C14H28O. The van der Waals surface area contributed by atoms with Crippen molar-refractivity contribution in [2.24, 2.45) is 10.8 Å². The van der Waals surface area contributed by atoms with Crippen molar-refractivity contribution in [3.8, 4) is 0 Å². The van der Waals surface area contributed by atoms with Gasteiger partial charge in [-0.2, -0.15) is 0 Å². The van der Waals surface area contributed by atoms with Gasteiger partial charge in [0.05, 0.1) is 6.10 Å². The largest absolute Gasteiger partial charge is 0.392 e. The van der Waals surface area contributed by atoms with E-state index in [-0.39, 0.29) is 16.9 Å². The molecule has 0 aromatic carbocycles. The van der Waals surface area contributed by atoms with Gasteiger partial charge in [-0.15, -0.1) is 0 Å². The van der Waals surface area contributed by atoms with Gasteiger partial charge in [0.15, 0.2) is 0 Å². The van der Waals surface area contributed by atoms with E-state index in [1.54, 1.807) is 0 Å². The Labute approximate surface area is 95.3 Å². The summed E-state index contributed by atoms with van der Waals surface area (Å²) < 4.78 is 0. The number of aliphatic hydroxyl groups is 1. The summed E-state index contributed by atoms with van der Waals surface area (Å²) >= 11 is 0. The number of hydrogen-bond acceptors (Lipinski definition) is 1. The third-order valence-electron chi connectivity index (χ3n) is 5.33. The van der Waals surface area contributed by atoms with Crippen LogP contribution in [0.15, 0.2) is 0 Å². The molecule has 0 atom stereocenters. The highest BCUT2D eigenvalue weighted by Gasteiger charge is 2.49. The van der Waals surface area contributed by atoms with Gasteiger partial charge in [0.25, 0.3) is 0 Å². The Hall–Kier alpha value is -0.0400. The minimum absolute atomic E-state index is 0.0799. The van der Waals surface area contributed by atoms with Crippen LogP contribution in [0.2, 0.25) is 0 Å².